The zero-order valence-corrected chi connectivity index (χ0v) is 4.69. The quantitative estimate of drug-likeness (QED) is 0.538. The summed E-state index contributed by atoms with van der Waals surface area (Å²) in [5.74, 6) is 0.262. The van der Waals surface area contributed by atoms with Gasteiger partial charge in [-0.05, 0) is 0 Å². The van der Waals surface area contributed by atoms with Crippen LogP contribution in [-0.4, -0.2) is 21.9 Å². The van der Waals surface area contributed by atoms with Gasteiger partial charge in [0.1, 0.15) is 6.04 Å². The summed E-state index contributed by atoms with van der Waals surface area (Å²) in [5, 5.41) is 11.8. The maximum Gasteiger partial charge on any atom is 0.245 e. The third-order valence-corrected chi connectivity index (χ3v) is 0.892. The number of aromatic nitrogens is 2. The third kappa shape index (κ3) is 1.24. The van der Waals surface area contributed by atoms with Crippen molar-refractivity contribution < 1.29 is 9.63 Å². The van der Waals surface area contributed by atoms with Gasteiger partial charge in [0.15, 0.2) is 6.33 Å². The fraction of sp³-hybridized carbons (Fsp3) is 0.500. The normalized spacial score (nSPS) is 13.6. The molecule has 1 unspecified atom stereocenters. The van der Waals surface area contributed by atoms with Gasteiger partial charge in [-0.3, -0.25) is 0 Å². The van der Waals surface area contributed by atoms with E-state index in [-0.39, 0.29) is 12.5 Å². The molecule has 9 heavy (non-hydrogen) atoms. The first-order valence-corrected chi connectivity index (χ1v) is 2.47. The van der Waals surface area contributed by atoms with Crippen LogP contribution in [0.3, 0.4) is 0 Å². The van der Waals surface area contributed by atoms with Gasteiger partial charge in [0, 0.05) is 0 Å². The van der Waals surface area contributed by atoms with Gasteiger partial charge in [-0.25, -0.2) is 0 Å². The highest BCUT2D eigenvalue weighted by molar-refractivity contribution is 4.83. The minimum absolute atomic E-state index is 0.178. The smallest absolute Gasteiger partial charge is 0.245 e. The molecule has 0 aliphatic rings. The summed E-state index contributed by atoms with van der Waals surface area (Å²) in [4.78, 5) is 3.62. The molecule has 0 bridgehead atoms. The molecular formula is C4H7N3O2. The first-order chi connectivity index (χ1) is 4.34. The number of rotatable bonds is 2. The Morgan fingerprint density at radius 3 is 3.11 bits per heavy atom. The Hall–Kier alpha value is -0.940. The van der Waals surface area contributed by atoms with E-state index >= 15 is 0 Å². The largest absolute Gasteiger partial charge is 0.394 e. The molecule has 5 nitrogen and oxygen atoms in total. The second-order valence-corrected chi connectivity index (χ2v) is 1.57. The van der Waals surface area contributed by atoms with Crippen molar-refractivity contribution >= 4 is 0 Å². The van der Waals surface area contributed by atoms with Crippen LogP contribution < -0.4 is 5.73 Å². The van der Waals surface area contributed by atoms with E-state index in [2.05, 4.69) is 14.7 Å². The van der Waals surface area contributed by atoms with Crippen molar-refractivity contribution in [1.82, 2.24) is 10.1 Å². The van der Waals surface area contributed by atoms with Crippen LogP contribution in [0.2, 0.25) is 0 Å². The van der Waals surface area contributed by atoms with Gasteiger partial charge in [-0.2, -0.15) is 4.98 Å². The van der Waals surface area contributed by atoms with Crippen molar-refractivity contribution in [3.8, 4) is 0 Å². The predicted molar refractivity (Wildman–Crippen MR) is 28.3 cm³/mol. The molecule has 3 N–H and O–H groups in total. The van der Waals surface area contributed by atoms with E-state index in [0.717, 1.165) is 0 Å². The van der Waals surface area contributed by atoms with Gasteiger partial charge in [-0.1, -0.05) is 5.16 Å². The van der Waals surface area contributed by atoms with Gasteiger partial charge in [0.25, 0.3) is 0 Å². The van der Waals surface area contributed by atoms with E-state index in [1.807, 2.05) is 0 Å². The summed E-state index contributed by atoms with van der Waals surface area (Å²) in [5.41, 5.74) is 5.29. The van der Waals surface area contributed by atoms with Crippen LogP contribution in [0.4, 0.5) is 0 Å². The monoisotopic (exact) mass is 129 g/mol. The highest BCUT2D eigenvalue weighted by atomic mass is 16.5. The zero-order chi connectivity index (χ0) is 6.69. The van der Waals surface area contributed by atoms with Crippen molar-refractivity contribution in [2.75, 3.05) is 6.61 Å². The van der Waals surface area contributed by atoms with Crippen LogP contribution in [0.1, 0.15) is 11.9 Å². The Morgan fingerprint density at radius 2 is 2.67 bits per heavy atom. The lowest BCUT2D eigenvalue weighted by molar-refractivity contribution is 0.237. The molecule has 0 amide bonds. The molecule has 1 rings (SSSR count). The third-order valence-electron chi connectivity index (χ3n) is 0.892. The molecule has 1 atom stereocenters. The van der Waals surface area contributed by atoms with E-state index < -0.39 is 6.04 Å². The molecule has 0 fully saturated rings. The number of nitrogens with two attached hydrogens (primary N) is 1. The van der Waals surface area contributed by atoms with Crippen LogP contribution in [-0.2, 0) is 0 Å². The molecule has 0 spiro atoms. The number of hydrogen-bond donors (Lipinski definition) is 2. The fourth-order valence-electron chi connectivity index (χ4n) is 0.423. The Kier molecular flexibility index (Phi) is 1.76. The van der Waals surface area contributed by atoms with Gasteiger partial charge in [0.05, 0.1) is 6.61 Å². The summed E-state index contributed by atoms with van der Waals surface area (Å²) in [7, 11) is 0. The van der Waals surface area contributed by atoms with Crippen LogP contribution >= 0.6 is 0 Å². The van der Waals surface area contributed by atoms with Gasteiger partial charge >= 0.3 is 0 Å². The van der Waals surface area contributed by atoms with Crippen molar-refractivity contribution in [3.63, 3.8) is 0 Å². The van der Waals surface area contributed by atoms with E-state index in [1.165, 1.54) is 6.33 Å². The number of hydrogen-bond acceptors (Lipinski definition) is 5. The Balaban J connectivity index is 2.65. The Morgan fingerprint density at radius 1 is 1.89 bits per heavy atom. The second-order valence-electron chi connectivity index (χ2n) is 1.57. The average molecular weight is 129 g/mol. The van der Waals surface area contributed by atoms with E-state index in [1.54, 1.807) is 0 Å². The zero-order valence-electron chi connectivity index (χ0n) is 4.69. The maximum absolute atomic E-state index is 8.45. The SMILES string of the molecule is NC(CO)c1ncno1. The Labute approximate surface area is 51.5 Å². The minimum atomic E-state index is -0.549. The fourth-order valence-corrected chi connectivity index (χ4v) is 0.423. The van der Waals surface area contributed by atoms with Gasteiger partial charge in [0.2, 0.25) is 5.89 Å². The number of nitrogens with zero attached hydrogens (tertiary/aromatic N) is 2. The lowest BCUT2D eigenvalue weighted by Crippen LogP contribution is -2.14. The Bertz CT molecular complexity index is 162. The maximum atomic E-state index is 8.45. The second kappa shape index (κ2) is 2.56. The van der Waals surface area contributed by atoms with E-state index in [4.69, 9.17) is 10.8 Å². The summed E-state index contributed by atoms with van der Waals surface area (Å²) in [6.07, 6.45) is 1.24. The summed E-state index contributed by atoms with van der Waals surface area (Å²) >= 11 is 0. The highest BCUT2D eigenvalue weighted by Gasteiger charge is 2.08. The van der Waals surface area contributed by atoms with Crippen molar-refractivity contribution in [3.05, 3.63) is 12.2 Å². The average Bonchev–Trinajstić information content (AvgIpc) is 2.37. The standard InChI is InChI=1S/C4H7N3O2/c5-3(1-8)4-6-2-7-9-4/h2-3,8H,1,5H2. The number of aliphatic hydroxyl groups is 1. The molecule has 1 heterocycles. The van der Waals surface area contributed by atoms with Crippen molar-refractivity contribution in [2.24, 2.45) is 5.73 Å². The first kappa shape index (κ1) is 6.18. The van der Waals surface area contributed by atoms with E-state index in [0.29, 0.717) is 0 Å². The molecule has 0 saturated heterocycles. The molecule has 0 aliphatic carbocycles. The molecule has 0 radical (unpaired) electrons. The summed E-state index contributed by atoms with van der Waals surface area (Å²) in [6.45, 7) is -0.178. The predicted octanol–water partition coefficient (Wildman–Crippen LogP) is -0.938. The molecule has 1 aromatic heterocycles. The van der Waals surface area contributed by atoms with Crippen molar-refractivity contribution in [2.45, 2.75) is 6.04 Å². The molecular weight excluding hydrogens is 122 g/mol. The first-order valence-electron chi connectivity index (χ1n) is 2.47. The van der Waals surface area contributed by atoms with E-state index in [9.17, 15) is 0 Å². The van der Waals surface area contributed by atoms with Crippen molar-refractivity contribution in [1.29, 1.82) is 0 Å². The van der Waals surface area contributed by atoms with Gasteiger partial charge < -0.3 is 15.4 Å². The highest BCUT2D eigenvalue weighted by Crippen LogP contribution is 2.01. The number of aliphatic hydroxyl groups excluding tert-OH is 1. The lowest BCUT2D eigenvalue weighted by atomic mass is 10.3. The summed E-state index contributed by atoms with van der Waals surface area (Å²) in [6, 6.07) is -0.549. The lowest BCUT2D eigenvalue weighted by Gasteiger charge is -1.97. The van der Waals surface area contributed by atoms with Crippen LogP contribution in [0.25, 0.3) is 0 Å². The van der Waals surface area contributed by atoms with Crippen LogP contribution in [0.5, 0.6) is 0 Å². The molecule has 50 valence electrons. The molecule has 0 aliphatic heterocycles. The summed E-state index contributed by atoms with van der Waals surface area (Å²) < 4.78 is 4.54. The molecule has 0 saturated carbocycles. The van der Waals surface area contributed by atoms with Gasteiger partial charge in [-0.15, -0.1) is 0 Å². The van der Waals surface area contributed by atoms with Crippen LogP contribution in [0.15, 0.2) is 10.9 Å². The molecule has 1 aromatic rings. The molecule has 5 heteroatoms. The minimum Gasteiger partial charge on any atom is -0.394 e. The van der Waals surface area contributed by atoms with Crippen LogP contribution in [0, 0.1) is 0 Å². The topological polar surface area (TPSA) is 85.2 Å². The molecule has 0 aromatic carbocycles.